The number of hydrogen-bond donors (Lipinski definition) is 3. The van der Waals surface area contributed by atoms with Crippen molar-refractivity contribution in [2.24, 2.45) is 0 Å². The molecule has 0 radical (unpaired) electrons. The van der Waals surface area contributed by atoms with Gasteiger partial charge in [0.1, 0.15) is 5.75 Å². The van der Waals surface area contributed by atoms with E-state index in [9.17, 15) is 4.79 Å². The zero-order valence-electron chi connectivity index (χ0n) is 10.9. The van der Waals surface area contributed by atoms with Crippen molar-refractivity contribution in [1.29, 1.82) is 0 Å². The molecule has 0 fully saturated rings. The summed E-state index contributed by atoms with van der Waals surface area (Å²) in [4.78, 5) is 11.8. The molecule has 1 atom stereocenters. The van der Waals surface area contributed by atoms with Gasteiger partial charge in [0.15, 0.2) is 6.10 Å². The molecule has 0 aliphatic carbocycles. The van der Waals surface area contributed by atoms with Crippen molar-refractivity contribution in [2.45, 2.75) is 26.0 Å². The zero-order valence-corrected chi connectivity index (χ0v) is 11.6. The molecule has 1 rings (SSSR count). The minimum absolute atomic E-state index is 0.324. The monoisotopic (exact) mass is 287 g/mol. The first-order valence-corrected chi connectivity index (χ1v) is 6.30. The molecular weight excluding hydrogens is 270 g/mol. The molecule has 5 nitrogen and oxygen atoms in total. The number of amides is 1. The molecular formula is C13H18ClNO4. The summed E-state index contributed by atoms with van der Waals surface area (Å²) in [7, 11) is 0. The maximum Gasteiger partial charge on any atom is 0.261 e. The van der Waals surface area contributed by atoms with E-state index in [0.29, 0.717) is 10.8 Å². The molecule has 1 aromatic carbocycles. The van der Waals surface area contributed by atoms with E-state index in [1.807, 2.05) is 6.92 Å². The van der Waals surface area contributed by atoms with Crippen LogP contribution >= 0.6 is 11.6 Å². The molecule has 6 heteroatoms. The van der Waals surface area contributed by atoms with Crippen LogP contribution in [0.4, 0.5) is 0 Å². The lowest BCUT2D eigenvalue weighted by Gasteiger charge is -2.19. The molecule has 0 aliphatic heterocycles. The average Bonchev–Trinajstić information content (AvgIpc) is 2.38. The van der Waals surface area contributed by atoms with Gasteiger partial charge in [0.25, 0.3) is 5.91 Å². The normalized spacial score (nSPS) is 12.3. The van der Waals surface area contributed by atoms with Crippen LogP contribution in [0.5, 0.6) is 5.75 Å². The number of rotatable bonds is 6. The van der Waals surface area contributed by atoms with E-state index in [1.54, 1.807) is 25.1 Å². The summed E-state index contributed by atoms with van der Waals surface area (Å²) >= 11 is 5.83. The minimum Gasteiger partial charge on any atom is -0.481 e. The molecule has 0 spiro atoms. The number of aliphatic hydroxyl groups excluding tert-OH is 2. The van der Waals surface area contributed by atoms with Crippen LogP contribution in [0, 0.1) is 6.92 Å². The fourth-order valence-electron chi connectivity index (χ4n) is 1.46. The topological polar surface area (TPSA) is 78.8 Å². The molecule has 0 aliphatic rings. The van der Waals surface area contributed by atoms with Crippen molar-refractivity contribution >= 4 is 17.5 Å². The summed E-state index contributed by atoms with van der Waals surface area (Å²) in [5, 5.41) is 20.9. The summed E-state index contributed by atoms with van der Waals surface area (Å²) in [6.07, 6.45) is -0.736. The summed E-state index contributed by atoms with van der Waals surface area (Å²) in [5.74, 6) is 0.166. The van der Waals surface area contributed by atoms with Crippen LogP contribution in [0.25, 0.3) is 0 Å². The number of nitrogens with one attached hydrogen (secondary N) is 1. The number of aryl methyl sites for hydroxylation is 1. The third kappa shape index (κ3) is 4.70. The van der Waals surface area contributed by atoms with Crippen molar-refractivity contribution in [1.82, 2.24) is 5.32 Å². The van der Waals surface area contributed by atoms with Crippen LogP contribution in [0.3, 0.4) is 0 Å². The van der Waals surface area contributed by atoms with Gasteiger partial charge in [0, 0.05) is 5.02 Å². The van der Waals surface area contributed by atoms with E-state index >= 15 is 0 Å². The standard InChI is InChI=1S/C13H18ClNO4/c1-8-5-10(14)3-4-12(8)19-9(2)13(18)15-11(6-16)7-17/h3-5,9,11,16-17H,6-7H2,1-2H3,(H,15,18). The van der Waals surface area contributed by atoms with E-state index < -0.39 is 18.1 Å². The van der Waals surface area contributed by atoms with Gasteiger partial charge in [-0.2, -0.15) is 0 Å². The lowest BCUT2D eigenvalue weighted by molar-refractivity contribution is -0.128. The molecule has 0 bridgehead atoms. The largest absolute Gasteiger partial charge is 0.481 e. The lowest BCUT2D eigenvalue weighted by atomic mass is 10.2. The summed E-state index contributed by atoms with van der Waals surface area (Å²) in [6.45, 7) is 2.77. The number of carbonyl (C=O) groups excluding carboxylic acids is 1. The highest BCUT2D eigenvalue weighted by Crippen LogP contribution is 2.22. The van der Waals surface area contributed by atoms with Crippen molar-refractivity contribution in [3.8, 4) is 5.75 Å². The number of benzene rings is 1. The molecule has 1 unspecified atom stereocenters. The van der Waals surface area contributed by atoms with Crippen LogP contribution in [0.15, 0.2) is 18.2 Å². The van der Waals surface area contributed by atoms with E-state index in [1.165, 1.54) is 0 Å². The number of carbonyl (C=O) groups is 1. The second-order valence-electron chi connectivity index (χ2n) is 4.24. The highest BCUT2D eigenvalue weighted by atomic mass is 35.5. The lowest BCUT2D eigenvalue weighted by Crippen LogP contribution is -2.45. The molecule has 106 valence electrons. The van der Waals surface area contributed by atoms with E-state index in [0.717, 1.165) is 5.56 Å². The van der Waals surface area contributed by atoms with Crippen molar-refractivity contribution < 1.29 is 19.7 Å². The van der Waals surface area contributed by atoms with Gasteiger partial charge in [0.2, 0.25) is 0 Å². The third-order valence-corrected chi connectivity index (χ3v) is 2.83. The Balaban J connectivity index is 2.63. The van der Waals surface area contributed by atoms with E-state index in [4.69, 9.17) is 26.6 Å². The highest BCUT2D eigenvalue weighted by molar-refractivity contribution is 6.30. The first-order chi connectivity index (χ1) is 8.97. The highest BCUT2D eigenvalue weighted by Gasteiger charge is 2.18. The van der Waals surface area contributed by atoms with Crippen LogP contribution < -0.4 is 10.1 Å². The molecule has 1 aromatic rings. The molecule has 0 saturated heterocycles. The summed E-state index contributed by atoms with van der Waals surface area (Å²) < 4.78 is 5.52. The number of hydrogen-bond acceptors (Lipinski definition) is 4. The van der Waals surface area contributed by atoms with Gasteiger partial charge in [-0.3, -0.25) is 4.79 Å². The first-order valence-electron chi connectivity index (χ1n) is 5.92. The Morgan fingerprint density at radius 3 is 2.58 bits per heavy atom. The van der Waals surface area contributed by atoms with E-state index in [2.05, 4.69) is 5.32 Å². The Morgan fingerprint density at radius 2 is 2.05 bits per heavy atom. The maximum atomic E-state index is 11.8. The zero-order chi connectivity index (χ0) is 14.4. The van der Waals surface area contributed by atoms with E-state index in [-0.39, 0.29) is 13.2 Å². The van der Waals surface area contributed by atoms with Gasteiger partial charge in [-0.05, 0) is 37.6 Å². The van der Waals surface area contributed by atoms with Crippen LogP contribution in [0.2, 0.25) is 5.02 Å². The Kier molecular flexibility index (Phi) is 6.08. The molecule has 3 N–H and O–H groups in total. The predicted molar refractivity (Wildman–Crippen MR) is 72.4 cm³/mol. The van der Waals surface area contributed by atoms with Gasteiger partial charge in [-0.25, -0.2) is 0 Å². The molecule has 0 aromatic heterocycles. The van der Waals surface area contributed by atoms with Gasteiger partial charge >= 0.3 is 0 Å². The summed E-state index contributed by atoms with van der Waals surface area (Å²) in [6, 6.07) is 4.44. The minimum atomic E-state index is -0.736. The Morgan fingerprint density at radius 1 is 1.42 bits per heavy atom. The molecule has 0 saturated carbocycles. The van der Waals surface area contributed by atoms with Gasteiger partial charge in [0.05, 0.1) is 19.3 Å². The fourth-order valence-corrected chi connectivity index (χ4v) is 1.68. The molecule has 0 heterocycles. The van der Waals surface area contributed by atoms with Crippen LogP contribution in [-0.2, 0) is 4.79 Å². The summed E-state index contributed by atoms with van der Waals surface area (Å²) in [5.41, 5.74) is 0.827. The van der Waals surface area contributed by atoms with Crippen molar-refractivity contribution in [3.05, 3.63) is 28.8 Å². The molecule has 19 heavy (non-hydrogen) atoms. The van der Waals surface area contributed by atoms with Gasteiger partial charge in [-0.1, -0.05) is 11.6 Å². The Bertz CT molecular complexity index is 435. The van der Waals surface area contributed by atoms with Gasteiger partial charge < -0.3 is 20.3 Å². The Labute approximate surface area is 117 Å². The molecule has 1 amide bonds. The van der Waals surface area contributed by atoms with Crippen molar-refractivity contribution in [3.63, 3.8) is 0 Å². The van der Waals surface area contributed by atoms with Crippen LogP contribution in [0.1, 0.15) is 12.5 Å². The fraction of sp³-hybridized carbons (Fsp3) is 0.462. The smallest absolute Gasteiger partial charge is 0.261 e. The first kappa shape index (κ1) is 15.8. The third-order valence-electron chi connectivity index (χ3n) is 2.60. The maximum absolute atomic E-state index is 11.8. The SMILES string of the molecule is Cc1cc(Cl)ccc1OC(C)C(=O)NC(CO)CO. The van der Waals surface area contributed by atoms with Crippen molar-refractivity contribution in [2.75, 3.05) is 13.2 Å². The number of ether oxygens (including phenoxy) is 1. The van der Waals surface area contributed by atoms with Gasteiger partial charge in [-0.15, -0.1) is 0 Å². The van der Waals surface area contributed by atoms with Crippen LogP contribution in [-0.4, -0.2) is 41.5 Å². The predicted octanol–water partition coefficient (Wildman–Crippen LogP) is 0.885. The quantitative estimate of drug-likeness (QED) is 0.726. The average molecular weight is 288 g/mol. The second kappa shape index (κ2) is 7.33. The number of aliphatic hydroxyl groups is 2. The Hall–Kier alpha value is -1.30. The second-order valence-corrected chi connectivity index (χ2v) is 4.68. The number of halogens is 1.